The van der Waals surface area contributed by atoms with E-state index in [0.29, 0.717) is 12.4 Å². The van der Waals surface area contributed by atoms with Crippen LogP contribution in [0.3, 0.4) is 0 Å². The number of nitrogens with one attached hydrogen (secondary N) is 2. The fourth-order valence-corrected chi connectivity index (χ4v) is 1.76. The summed E-state index contributed by atoms with van der Waals surface area (Å²) in [7, 11) is 1.76. The molecule has 0 saturated carbocycles. The van der Waals surface area contributed by atoms with Crippen molar-refractivity contribution in [3.63, 3.8) is 0 Å². The monoisotopic (exact) mass is 257 g/mol. The SMILES string of the molecule is CNCc1nc(-c2ccc(F)cc2F)c(Cl)[nH]1. The zero-order valence-corrected chi connectivity index (χ0v) is 9.78. The molecule has 0 radical (unpaired) electrons. The molecule has 0 spiro atoms. The molecule has 1 heterocycles. The van der Waals surface area contributed by atoms with Crippen LogP contribution in [-0.2, 0) is 6.54 Å². The van der Waals surface area contributed by atoms with Crippen LogP contribution in [0.15, 0.2) is 18.2 Å². The summed E-state index contributed by atoms with van der Waals surface area (Å²) in [6.07, 6.45) is 0. The average molecular weight is 258 g/mol. The van der Waals surface area contributed by atoms with Gasteiger partial charge >= 0.3 is 0 Å². The molecule has 0 atom stereocenters. The summed E-state index contributed by atoms with van der Waals surface area (Å²) in [6.45, 7) is 0.489. The number of hydrogen-bond acceptors (Lipinski definition) is 2. The first kappa shape index (κ1) is 12.0. The average Bonchev–Trinajstić information content (AvgIpc) is 2.60. The molecule has 0 bridgehead atoms. The molecule has 0 aliphatic carbocycles. The largest absolute Gasteiger partial charge is 0.331 e. The molecule has 2 aromatic rings. The van der Waals surface area contributed by atoms with Crippen molar-refractivity contribution in [2.24, 2.45) is 0 Å². The molecule has 3 nitrogen and oxygen atoms in total. The van der Waals surface area contributed by atoms with E-state index in [-0.39, 0.29) is 16.4 Å². The predicted molar refractivity (Wildman–Crippen MR) is 61.7 cm³/mol. The summed E-state index contributed by atoms with van der Waals surface area (Å²) in [5.41, 5.74) is 0.462. The van der Waals surface area contributed by atoms with Gasteiger partial charge in [0.15, 0.2) is 0 Å². The molecule has 1 aromatic carbocycles. The third-order valence-corrected chi connectivity index (χ3v) is 2.51. The number of hydrogen-bond donors (Lipinski definition) is 2. The first-order chi connectivity index (χ1) is 8.11. The third kappa shape index (κ3) is 2.45. The van der Waals surface area contributed by atoms with E-state index in [1.807, 2.05) is 0 Å². The lowest BCUT2D eigenvalue weighted by Crippen LogP contribution is -2.06. The fourth-order valence-electron chi connectivity index (χ4n) is 1.51. The smallest absolute Gasteiger partial charge is 0.135 e. The molecule has 90 valence electrons. The summed E-state index contributed by atoms with van der Waals surface area (Å²) < 4.78 is 26.3. The molecular weight excluding hydrogens is 248 g/mol. The van der Waals surface area contributed by atoms with Crippen molar-refractivity contribution in [2.75, 3.05) is 7.05 Å². The van der Waals surface area contributed by atoms with Crippen molar-refractivity contribution < 1.29 is 8.78 Å². The maximum absolute atomic E-state index is 13.5. The van der Waals surface area contributed by atoms with Gasteiger partial charge in [0.2, 0.25) is 0 Å². The first-order valence-electron chi connectivity index (χ1n) is 4.96. The zero-order chi connectivity index (χ0) is 12.4. The van der Waals surface area contributed by atoms with E-state index < -0.39 is 11.6 Å². The summed E-state index contributed by atoms with van der Waals surface area (Å²) in [6, 6.07) is 3.29. The topological polar surface area (TPSA) is 40.7 Å². The van der Waals surface area contributed by atoms with Gasteiger partial charge in [0, 0.05) is 11.6 Å². The van der Waals surface area contributed by atoms with Gasteiger partial charge in [0.25, 0.3) is 0 Å². The number of aromatic amines is 1. The Morgan fingerprint density at radius 3 is 2.82 bits per heavy atom. The van der Waals surface area contributed by atoms with Crippen molar-refractivity contribution in [1.29, 1.82) is 0 Å². The summed E-state index contributed by atoms with van der Waals surface area (Å²) in [5, 5.41) is 3.13. The van der Waals surface area contributed by atoms with Crippen LogP contribution in [0, 0.1) is 11.6 Å². The molecular formula is C11H10ClF2N3. The Balaban J connectivity index is 2.45. The van der Waals surface area contributed by atoms with Crippen LogP contribution in [0.5, 0.6) is 0 Å². The quantitative estimate of drug-likeness (QED) is 0.888. The lowest BCUT2D eigenvalue weighted by atomic mass is 10.1. The number of imidazole rings is 1. The molecule has 0 aliphatic heterocycles. The Labute approximate surface area is 102 Å². The molecule has 0 unspecified atom stereocenters. The number of nitrogens with zero attached hydrogens (tertiary/aromatic N) is 1. The molecule has 0 amide bonds. The fraction of sp³-hybridized carbons (Fsp3) is 0.182. The Morgan fingerprint density at radius 2 is 2.18 bits per heavy atom. The van der Waals surface area contributed by atoms with E-state index in [9.17, 15) is 8.78 Å². The molecule has 0 saturated heterocycles. The van der Waals surface area contributed by atoms with E-state index in [1.54, 1.807) is 7.05 Å². The minimum absolute atomic E-state index is 0.176. The summed E-state index contributed by atoms with van der Waals surface area (Å²) in [4.78, 5) is 6.97. The molecule has 2 rings (SSSR count). The van der Waals surface area contributed by atoms with E-state index in [0.717, 1.165) is 6.07 Å². The van der Waals surface area contributed by atoms with Gasteiger partial charge in [0.05, 0.1) is 6.54 Å². The number of halogens is 3. The van der Waals surface area contributed by atoms with Crippen LogP contribution >= 0.6 is 11.6 Å². The van der Waals surface area contributed by atoms with Crippen molar-refractivity contribution in [1.82, 2.24) is 15.3 Å². The second-order valence-corrected chi connectivity index (χ2v) is 3.88. The van der Waals surface area contributed by atoms with Gasteiger partial charge in [-0.25, -0.2) is 13.8 Å². The second kappa shape index (κ2) is 4.81. The second-order valence-electron chi connectivity index (χ2n) is 3.50. The van der Waals surface area contributed by atoms with E-state index in [1.165, 1.54) is 12.1 Å². The minimum atomic E-state index is -0.686. The van der Waals surface area contributed by atoms with Crippen LogP contribution in [0.1, 0.15) is 5.82 Å². The number of benzene rings is 1. The molecule has 0 aliphatic rings. The van der Waals surface area contributed by atoms with Gasteiger partial charge < -0.3 is 10.3 Å². The Hall–Kier alpha value is -1.46. The van der Waals surface area contributed by atoms with Gasteiger partial charge in [-0.15, -0.1) is 0 Å². The highest BCUT2D eigenvalue weighted by Crippen LogP contribution is 2.28. The standard InChI is InChI=1S/C11H10ClF2N3/c1-15-5-9-16-10(11(12)17-9)7-3-2-6(13)4-8(7)14/h2-4,15H,5H2,1H3,(H,16,17). The third-order valence-electron chi connectivity index (χ3n) is 2.24. The maximum Gasteiger partial charge on any atom is 0.135 e. The van der Waals surface area contributed by atoms with Gasteiger partial charge in [-0.3, -0.25) is 0 Å². The highest BCUT2D eigenvalue weighted by molar-refractivity contribution is 6.31. The van der Waals surface area contributed by atoms with E-state index in [2.05, 4.69) is 15.3 Å². The van der Waals surface area contributed by atoms with E-state index in [4.69, 9.17) is 11.6 Å². The van der Waals surface area contributed by atoms with Crippen LogP contribution in [0.2, 0.25) is 5.15 Å². The first-order valence-corrected chi connectivity index (χ1v) is 5.34. The Morgan fingerprint density at radius 1 is 1.41 bits per heavy atom. The lowest BCUT2D eigenvalue weighted by molar-refractivity contribution is 0.585. The van der Waals surface area contributed by atoms with Gasteiger partial charge in [-0.05, 0) is 19.2 Å². The maximum atomic E-state index is 13.5. The molecule has 0 fully saturated rings. The van der Waals surface area contributed by atoms with Crippen LogP contribution in [0.25, 0.3) is 11.3 Å². The van der Waals surface area contributed by atoms with Gasteiger partial charge in [-0.2, -0.15) is 0 Å². The van der Waals surface area contributed by atoms with Gasteiger partial charge in [-0.1, -0.05) is 11.6 Å². The predicted octanol–water partition coefficient (Wildman–Crippen LogP) is 2.73. The highest BCUT2D eigenvalue weighted by atomic mass is 35.5. The number of H-pyrrole nitrogens is 1. The van der Waals surface area contributed by atoms with Crippen molar-refractivity contribution in [2.45, 2.75) is 6.54 Å². The highest BCUT2D eigenvalue weighted by Gasteiger charge is 2.14. The Bertz CT molecular complexity index is 540. The van der Waals surface area contributed by atoms with Crippen LogP contribution < -0.4 is 5.32 Å². The van der Waals surface area contributed by atoms with Crippen molar-refractivity contribution in [3.05, 3.63) is 40.8 Å². The Kier molecular flexibility index (Phi) is 3.40. The van der Waals surface area contributed by atoms with Gasteiger partial charge in [0.1, 0.15) is 28.3 Å². The molecule has 17 heavy (non-hydrogen) atoms. The minimum Gasteiger partial charge on any atom is -0.331 e. The number of rotatable bonds is 3. The normalized spacial score (nSPS) is 10.8. The molecule has 2 N–H and O–H groups in total. The molecule has 6 heteroatoms. The summed E-state index contributed by atoms with van der Waals surface area (Å²) in [5.74, 6) is -0.723. The zero-order valence-electron chi connectivity index (χ0n) is 9.02. The van der Waals surface area contributed by atoms with Crippen molar-refractivity contribution >= 4 is 11.6 Å². The lowest BCUT2D eigenvalue weighted by Gasteiger charge is -1.99. The number of aromatic nitrogens is 2. The van der Waals surface area contributed by atoms with E-state index >= 15 is 0 Å². The van der Waals surface area contributed by atoms with Crippen LogP contribution in [0.4, 0.5) is 8.78 Å². The van der Waals surface area contributed by atoms with Crippen molar-refractivity contribution in [3.8, 4) is 11.3 Å². The summed E-state index contributed by atoms with van der Waals surface area (Å²) >= 11 is 5.92. The van der Waals surface area contributed by atoms with Crippen LogP contribution in [-0.4, -0.2) is 17.0 Å². The molecule has 1 aromatic heterocycles.